The van der Waals surface area contributed by atoms with Crippen molar-refractivity contribution in [2.75, 3.05) is 7.11 Å². The summed E-state index contributed by atoms with van der Waals surface area (Å²) in [6, 6.07) is 5.89. The molecule has 0 aromatic heterocycles. The molecule has 3 heteroatoms. The van der Waals surface area contributed by atoms with Crippen molar-refractivity contribution in [1.82, 2.24) is 0 Å². The maximum atomic E-state index is 6.23. The van der Waals surface area contributed by atoms with Crippen LogP contribution in [0.4, 0.5) is 0 Å². The second kappa shape index (κ2) is 4.22. The van der Waals surface area contributed by atoms with Gasteiger partial charge >= 0.3 is 0 Å². The van der Waals surface area contributed by atoms with Crippen LogP contribution in [0, 0.1) is 5.92 Å². The van der Waals surface area contributed by atoms with Crippen LogP contribution in [-0.4, -0.2) is 12.7 Å². The second-order valence-electron chi connectivity index (χ2n) is 5.28. The Morgan fingerprint density at radius 3 is 2.76 bits per heavy atom. The molecule has 1 aromatic carbocycles. The number of nitrogens with two attached hydrogens (primary N) is 1. The number of benzene rings is 1. The summed E-state index contributed by atoms with van der Waals surface area (Å²) in [5.41, 5.74) is 7.11. The highest BCUT2D eigenvalue weighted by molar-refractivity contribution is 5.44. The Kier molecular flexibility index (Phi) is 3.04. The lowest BCUT2D eigenvalue weighted by Crippen LogP contribution is -2.44. The Morgan fingerprint density at radius 2 is 2.18 bits per heavy atom. The molecule has 2 atom stereocenters. The Bertz CT molecular complexity index is 417. The van der Waals surface area contributed by atoms with Gasteiger partial charge in [-0.2, -0.15) is 0 Å². The summed E-state index contributed by atoms with van der Waals surface area (Å²) < 4.78 is 11.4. The van der Waals surface area contributed by atoms with Crippen molar-refractivity contribution in [2.45, 2.75) is 38.8 Å². The van der Waals surface area contributed by atoms with Crippen molar-refractivity contribution in [3.63, 3.8) is 0 Å². The van der Waals surface area contributed by atoms with E-state index in [2.05, 4.69) is 20.8 Å². The fourth-order valence-electron chi connectivity index (χ4n) is 2.23. The van der Waals surface area contributed by atoms with Gasteiger partial charge in [0.15, 0.2) is 0 Å². The van der Waals surface area contributed by atoms with Crippen molar-refractivity contribution < 1.29 is 9.47 Å². The first kappa shape index (κ1) is 12.2. The number of methoxy groups -OCH3 is 1. The van der Waals surface area contributed by atoms with E-state index in [-0.39, 0.29) is 11.6 Å². The van der Waals surface area contributed by atoms with Crippen LogP contribution in [0.3, 0.4) is 0 Å². The van der Waals surface area contributed by atoms with Crippen molar-refractivity contribution in [2.24, 2.45) is 11.7 Å². The molecule has 1 aliphatic rings. The molecule has 1 aliphatic heterocycles. The van der Waals surface area contributed by atoms with Gasteiger partial charge in [0.1, 0.15) is 17.1 Å². The molecule has 94 valence electrons. The molecule has 0 spiro atoms. The molecule has 0 radical (unpaired) electrons. The molecule has 3 nitrogen and oxygen atoms in total. The largest absolute Gasteiger partial charge is 0.497 e. The minimum absolute atomic E-state index is 0.0389. The summed E-state index contributed by atoms with van der Waals surface area (Å²) in [5.74, 6) is 2.09. The van der Waals surface area contributed by atoms with Crippen LogP contribution < -0.4 is 15.2 Å². The van der Waals surface area contributed by atoms with E-state index in [0.29, 0.717) is 5.92 Å². The molecule has 0 saturated heterocycles. The Balaban J connectivity index is 2.40. The standard InChI is InChI=1S/C14H21NO2/c1-9(2)14(3)8-12(15)11-6-5-10(16-4)7-13(11)17-14/h5-7,9,12H,8,15H2,1-4H3/t12-,14?/m1/s1. The van der Waals surface area contributed by atoms with E-state index in [1.165, 1.54) is 0 Å². The molecular formula is C14H21NO2. The van der Waals surface area contributed by atoms with Crippen LogP contribution in [0.2, 0.25) is 0 Å². The smallest absolute Gasteiger partial charge is 0.128 e. The van der Waals surface area contributed by atoms with Gasteiger partial charge in [-0.15, -0.1) is 0 Å². The lowest BCUT2D eigenvalue weighted by Gasteiger charge is -2.41. The molecule has 0 bridgehead atoms. The van der Waals surface area contributed by atoms with Crippen LogP contribution in [0.15, 0.2) is 18.2 Å². The first-order valence-electron chi connectivity index (χ1n) is 6.09. The zero-order valence-corrected chi connectivity index (χ0v) is 11.0. The maximum absolute atomic E-state index is 6.23. The van der Waals surface area contributed by atoms with Crippen molar-refractivity contribution in [3.05, 3.63) is 23.8 Å². The topological polar surface area (TPSA) is 44.5 Å². The number of hydrogen-bond donors (Lipinski definition) is 1. The summed E-state index contributed by atoms with van der Waals surface area (Å²) in [6.45, 7) is 6.45. The SMILES string of the molecule is COc1ccc2c(c1)OC(C)(C(C)C)C[C@H]2N. The van der Waals surface area contributed by atoms with E-state index >= 15 is 0 Å². The normalized spacial score (nSPS) is 27.5. The highest BCUT2D eigenvalue weighted by Crippen LogP contribution is 2.42. The first-order valence-corrected chi connectivity index (χ1v) is 6.09. The summed E-state index contributed by atoms with van der Waals surface area (Å²) >= 11 is 0. The zero-order valence-electron chi connectivity index (χ0n) is 11.0. The van der Waals surface area contributed by atoms with Crippen LogP contribution >= 0.6 is 0 Å². The molecule has 2 rings (SSSR count). The predicted molar refractivity (Wildman–Crippen MR) is 68.4 cm³/mol. The van der Waals surface area contributed by atoms with Gasteiger partial charge in [0.2, 0.25) is 0 Å². The van der Waals surface area contributed by atoms with Crippen molar-refractivity contribution in [3.8, 4) is 11.5 Å². The summed E-state index contributed by atoms with van der Waals surface area (Å²) in [7, 11) is 1.66. The zero-order chi connectivity index (χ0) is 12.6. The highest BCUT2D eigenvalue weighted by atomic mass is 16.5. The van der Waals surface area contributed by atoms with Gasteiger partial charge in [0, 0.05) is 24.1 Å². The summed E-state index contributed by atoms with van der Waals surface area (Å²) in [5, 5.41) is 0. The predicted octanol–water partition coefficient (Wildman–Crippen LogP) is 2.89. The highest BCUT2D eigenvalue weighted by Gasteiger charge is 2.38. The van der Waals surface area contributed by atoms with E-state index in [1.807, 2.05) is 18.2 Å². The average molecular weight is 235 g/mol. The summed E-state index contributed by atoms with van der Waals surface area (Å²) in [4.78, 5) is 0. The van der Waals surface area contributed by atoms with Gasteiger partial charge in [-0.05, 0) is 18.9 Å². The lowest BCUT2D eigenvalue weighted by molar-refractivity contribution is 0.0106. The fourth-order valence-corrected chi connectivity index (χ4v) is 2.23. The number of rotatable bonds is 2. The maximum Gasteiger partial charge on any atom is 0.128 e. The monoisotopic (exact) mass is 235 g/mol. The molecule has 0 fully saturated rings. The molecule has 1 aromatic rings. The van der Waals surface area contributed by atoms with Crippen LogP contribution in [-0.2, 0) is 0 Å². The summed E-state index contributed by atoms with van der Waals surface area (Å²) in [6.07, 6.45) is 0.851. The quantitative estimate of drug-likeness (QED) is 0.857. The van der Waals surface area contributed by atoms with Crippen molar-refractivity contribution >= 4 is 0 Å². The van der Waals surface area contributed by atoms with Gasteiger partial charge in [-0.3, -0.25) is 0 Å². The minimum Gasteiger partial charge on any atom is -0.497 e. The first-order chi connectivity index (χ1) is 7.96. The van der Waals surface area contributed by atoms with Crippen LogP contribution in [0.1, 0.15) is 38.8 Å². The van der Waals surface area contributed by atoms with Crippen LogP contribution in [0.5, 0.6) is 11.5 Å². The second-order valence-corrected chi connectivity index (χ2v) is 5.28. The van der Waals surface area contributed by atoms with Gasteiger partial charge < -0.3 is 15.2 Å². The molecule has 0 aliphatic carbocycles. The van der Waals surface area contributed by atoms with E-state index in [4.69, 9.17) is 15.2 Å². The van der Waals surface area contributed by atoms with E-state index in [0.717, 1.165) is 23.5 Å². The molecule has 0 amide bonds. The molecule has 0 saturated carbocycles. The Labute approximate surface area is 103 Å². The third-order valence-corrected chi connectivity index (χ3v) is 3.81. The molecule has 2 N–H and O–H groups in total. The van der Waals surface area contributed by atoms with Crippen molar-refractivity contribution in [1.29, 1.82) is 0 Å². The van der Waals surface area contributed by atoms with E-state index in [9.17, 15) is 0 Å². The van der Waals surface area contributed by atoms with Gasteiger partial charge in [-0.1, -0.05) is 19.9 Å². The fraction of sp³-hybridized carbons (Fsp3) is 0.571. The van der Waals surface area contributed by atoms with Crippen LogP contribution in [0.25, 0.3) is 0 Å². The number of ether oxygens (including phenoxy) is 2. The molecule has 1 heterocycles. The molecular weight excluding hydrogens is 214 g/mol. The van der Waals surface area contributed by atoms with Gasteiger partial charge in [0.25, 0.3) is 0 Å². The van der Waals surface area contributed by atoms with Gasteiger partial charge in [-0.25, -0.2) is 0 Å². The molecule has 1 unspecified atom stereocenters. The third kappa shape index (κ3) is 2.12. The molecule has 17 heavy (non-hydrogen) atoms. The number of hydrogen-bond acceptors (Lipinski definition) is 3. The Morgan fingerprint density at radius 1 is 1.47 bits per heavy atom. The van der Waals surface area contributed by atoms with E-state index in [1.54, 1.807) is 7.11 Å². The minimum atomic E-state index is -0.196. The Hall–Kier alpha value is -1.22. The lowest BCUT2D eigenvalue weighted by atomic mass is 9.81. The third-order valence-electron chi connectivity index (χ3n) is 3.81. The van der Waals surface area contributed by atoms with Gasteiger partial charge in [0.05, 0.1) is 7.11 Å². The average Bonchev–Trinajstić information content (AvgIpc) is 2.27. The number of fused-ring (bicyclic) bond motifs is 1. The van der Waals surface area contributed by atoms with E-state index < -0.39 is 0 Å².